The largest absolute Gasteiger partial charge is 0.397 e. The monoisotopic (exact) mass is 299 g/mol. The van der Waals surface area contributed by atoms with Crippen molar-refractivity contribution in [2.24, 2.45) is 0 Å². The normalized spacial score (nSPS) is 11.1. The number of nitrogens with zero attached hydrogens (tertiary/aromatic N) is 1. The number of nitrogens with two attached hydrogens (primary N) is 1. The fourth-order valence-electron chi connectivity index (χ4n) is 1.86. The summed E-state index contributed by atoms with van der Waals surface area (Å²) in [5.41, 5.74) is 6.79. The van der Waals surface area contributed by atoms with Crippen molar-refractivity contribution in [3.05, 3.63) is 23.2 Å². The van der Waals surface area contributed by atoms with Crippen LogP contribution in [-0.4, -0.2) is 41.7 Å². The molecule has 1 aromatic rings. The Balaban J connectivity index is 2.51. The number of aliphatic hydroxyl groups is 1. The number of amides is 1. The third kappa shape index (κ3) is 5.36. The zero-order valence-electron chi connectivity index (χ0n) is 11.9. The predicted molar refractivity (Wildman–Crippen MR) is 82.9 cm³/mol. The Kier molecular flexibility index (Phi) is 6.78. The lowest BCUT2D eigenvalue weighted by Crippen LogP contribution is -2.35. The quantitative estimate of drug-likeness (QED) is 0.673. The fraction of sp³-hybridized carbons (Fsp3) is 0.500. The maximum absolute atomic E-state index is 11.9. The highest BCUT2D eigenvalue weighted by Gasteiger charge is 2.12. The number of aliphatic hydroxyl groups excluding tert-OH is 1. The third-order valence-corrected chi connectivity index (χ3v) is 3.27. The number of nitrogen functional groups attached to an aromatic ring is 1. The van der Waals surface area contributed by atoms with E-state index in [9.17, 15) is 4.79 Å². The van der Waals surface area contributed by atoms with Crippen molar-refractivity contribution < 1.29 is 9.90 Å². The van der Waals surface area contributed by atoms with Crippen LogP contribution in [0.3, 0.4) is 0 Å². The summed E-state index contributed by atoms with van der Waals surface area (Å²) >= 11 is 5.80. The molecular formula is C14H22ClN3O2. The van der Waals surface area contributed by atoms with Crippen LogP contribution in [0.5, 0.6) is 0 Å². The molecule has 4 N–H and O–H groups in total. The van der Waals surface area contributed by atoms with Gasteiger partial charge in [0.25, 0.3) is 0 Å². The average Bonchev–Trinajstić information content (AvgIpc) is 2.37. The van der Waals surface area contributed by atoms with Crippen LogP contribution in [-0.2, 0) is 4.79 Å². The van der Waals surface area contributed by atoms with Crippen LogP contribution in [0.25, 0.3) is 0 Å². The van der Waals surface area contributed by atoms with Crippen molar-refractivity contribution in [2.45, 2.75) is 26.3 Å². The molecule has 1 amide bonds. The summed E-state index contributed by atoms with van der Waals surface area (Å²) in [6.07, 6.45) is 0.347. The second-order valence-electron chi connectivity index (χ2n) is 4.88. The summed E-state index contributed by atoms with van der Waals surface area (Å²) in [5, 5.41) is 12.3. The minimum absolute atomic E-state index is 0.0872. The van der Waals surface area contributed by atoms with E-state index in [-0.39, 0.29) is 18.6 Å². The molecule has 0 heterocycles. The van der Waals surface area contributed by atoms with Crippen LogP contribution >= 0.6 is 11.6 Å². The highest BCUT2D eigenvalue weighted by molar-refractivity contribution is 6.31. The summed E-state index contributed by atoms with van der Waals surface area (Å²) in [5.74, 6) is -0.109. The number of halogens is 1. The first kappa shape index (κ1) is 16.8. The number of anilines is 2. The summed E-state index contributed by atoms with van der Waals surface area (Å²) in [6, 6.07) is 5.25. The molecule has 0 aliphatic rings. The molecule has 0 aliphatic heterocycles. The van der Waals surface area contributed by atoms with Gasteiger partial charge >= 0.3 is 0 Å². The summed E-state index contributed by atoms with van der Waals surface area (Å²) in [6.45, 7) is 5.31. The maximum Gasteiger partial charge on any atom is 0.225 e. The predicted octanol–water partition coefficient (Wildman–Crippen LogP) is 1.95. The minimum Gasteiger partial charge on any atom is -0.397 e. The molecule has 0 saturated carbocycles. The lowest BCUT2D eigenvalue weighted by Gasteiger charge is -2.25. The van der Waals surface area contributed by atoms with Crippen molar-refractivity contribution >= 4 is 28.9 Å². The number of rotatable bonds is 7. The van der Waals surface area contributed by atoms with Gasteiger partial charge < -0.3 is 16.2 Å². The van der Waals surface area contributed by atoms with Crippen LogP contribution in [0.1, 0.15) is 20.3 Å². The fourth-order valence-corrected chi connectivity index (χ4v) is 2.04. The number of carbonyl (C=O) groups excluding carboxylic acids is 1. The van der Waals surface area contributed by atoms with E-state index in [1.54, 1.807) is 18.2 Å². The van der Waals surface area contributed by atoms with E-state index in [0.717, 1.165) is 0 Å². The molecule has 0 saturated heterocycles. The summed E-state index contributed by atoms with van der Waals surface area (Å²) < 4.78 is 0. The van der Waals surface area contributed by atoms with Crippen LogP contribution in [0.4, 0.5) is 11.4 Å². The Labute approximate surface area is 124 Å². The molecule has 0 fully saturated rings. The number of hydrogen-bond donors (Lipinski definition) is 3. The van der Waals surface area contributed by atoms with Gasteiger partial charge in [-0.25, -0.2) is 0 Å². The van der Waals surface area contributed by atoms with Crippen LogP contribution < -0.4 is 11.1 Å². The van der Waals surface area contributed by atoms with Gasteiger partial charge in [0.2, 0.25) is 5.91 Å². The van der Waals surface area contributed by atoms with E-state index in [1.165, 1.54) is 0 Å². The van der Waals surface area contributed by atoms with E-state index in [2.05, 4.69) is 5.32 Å². The Morgan fingerprint density at radius 2 is 2.15 bits per heavy atom. The van der Waals surface area contributed by atoms with Gasteiger partial charge in [0, 0.05) is 30.6 Å². The molecular weight excluding hydrogens is 278 g/mol. The molecule has 0 spiro atoms. The molecule has 0 atom stereocenters. The van der Waals surface area contributed by atoms with E-state index >= 15 is 0 Å². The Morgan fingerprint density at radius 1 is 1.45 bits per heavy atom. The molecule has 5 nitrogen and oxygen atoms in total. The minimum atomic E-state index is -0.109. The molecule has 1 aromatic carbocycles. The van der Waals surface area contributed by atoms with Gasteiger partial charge in [-0.05, 0) is 32.0 Å². The van der Waals surface area contributed by atoms with Gasteiger partial charge in [0.05, 0.1) is 18.0 Å². The Morgan fingerprint density at radius 3 is 2.70 bits per heavy atom. The Hall–Kier alpha value is -1.30. The van der Waals surface area contributed by atoms with E-state index in [1.807, 2.05) is 18.7 Å². The molecule has 1 rings (SSSR count). The topological polar surface area (TPSA) is 78.6 Å². The molecule has 6 heteroatoms. The van der Waals surface area contributed by atoms with Gasteiger partial charge in [-0.3, -0.25) is 9.69 Å². The van der Waals surface area contributed by atoms with Gasteiger partial charge in [-0.15, -0.1) is 0 Å². The molecule has 0 aliphatic carbocycles. The van der Waals surface area contributed by atoms with Gasteiger partial charge in [-0.2, -0.15) is 0 Å². The molecule has 20 heavy (non-hydrogen) atoms. The number of hydrogen-bond acceptors (Lipinski definition) is 4. The average molecular weight is 300 g/mol. The van der Waals surface area contributed by atoms with Crippen LogP contribution in [0.2, 0.25) is 5.02 Å². The SMILES string of the molecule is CC(C)N(CCO)CCC(=O)Nc1ccc(Cl)cc1N. The first-order chi connectivity index (χ1) is 9.43. The number of carbonyl (C=O) groups is 1. The van der Waals surface area contributed by atoms with Gasteiger partial charge in [-0.1, -0.05) is 11.6 Å². The first-order valence-corrected chi connectivity index (χ1v) is 7.01. The first-order valence-electron chi connectivity index (χ1n) is 6.63. The van der Waals surface area contributed by atoms with E-state index in [4.69, 9.17) is 22.4 Å². The van der Waals surface area contributed by atoms with Crippen molar-refractivity contribution in [3.8, 4) is 0 Å². The second-order valence-corrected chi connectivity index (χ2v) is 5.32. The molecule has 0 unspecified atom stereocenters. The van der Waals surface area contributed by atoms with Crippen LogP contribution in [0.15, 0.2) is 18.2 Å². The van der Waals surface area contributed by atoms with Crippen molar-refractivity contribution in [2.75, 3.05) is 30.7 Å². The zero-order chi connectivity index (χ0) is 15.1. The molecule has 112 valence electrons. The summed E-state index contributed by atoms with van der Waals surface area (Å²) in [4.78, 5) is 13.9. The highest BCUT2D eigenvalue weighted by atomic mass is 35.5. The van der Waals surface area contributed by atoms with E-state index < -0.39 is 0 Å². The highest BCUT2D eigenvalue weighted by Crippen LogP contribution is 2.22. The van der Waals surface area contributed by atoms with Crippen molar-refractivity contribution in [1.82, 2.24) is 4.90 Å². The lowest BCUT2D eigenvalue weighted by atomic mass is 10.2. The van der Waals surface area contributed by atoms with Gasteiger partial charge in [0.1, 0.15) is 0 Å². The van der Waals surface area contributed by atoms with Crippen molar-refractivity contribution in [3.63, 3.8) is 0 Å². The molecule has 0 aromatic heterocycles. The maximum atomic E-state index is 11.9. The van der Waals surface area contributed by atoms with Gasteiger partial charge in [0.15, 0.2) is 0 Å². The third-order valence-electron chi connectivity index (χ3n) is 3.03. The molecule has 0 bridgehead atoms. The Bertz CT molecular complexity index is 452. The number of benzene rings is 1. The number of nitrogens with one attached hydrogen (secondary N) is 1. The van der Waals surface area contributed by atoms with Crippen LogP contribution in [0, 0.1) is 0 Å². The standard InChI is InChI=1S/C14H22ClN3O2/c1-10(2)18(7-8-19)6-5-14(20)17-13-4-3-11(15)9-12(13)16/h3-4,9-10,19H,5-8,16H2,1-2H3,(H,17,20). The smallest absolute Gasteiger partial charge is 0.225 e. The zero-order valence-corrected chi connectivity index (χ0v) is 12.7. The summed E-state index contributed by atoms with van der Waals surface area (Å²) in [7, 11) is 0. The second kappa shape index (κ2) is 8.09. The van der Waals surface area contributed by atoms with Crippen molar-refractivity contribution in [1.29, 1.82) is 0 Å². The molecule has 0 radical (unpaired) electrons. The lowest BCUT2D eigenvalue weighted by molar-refractivity contribution is -0.116. The van der Waals surface area contributed by atoms with E-state index in [0.29, 0.717) is 35.9 Å².